The van der Waals surface area contributed by atoms with Crippen molar-refractivity contribution in [2.75, 3.05) is 9.80 Å². The van der Waals surface area contributed by atoms with E-state index >= 15 is 0 Å². The minimum absolute atomic E-state index is 0.0267. The molecule has 0 N–H and O–H groups in total. The van der Waals surface area contributed by atoms with Gasteiger partial charge in [-0.25, -0.2) is 0 Å². The highest BCUT2D eigenvalue weighted by atomic mass is 15.2. The third kappa shape index (κ3) is 3.41. The summed E-state index contributed by atoms with van der Waals surface area (Å²) in [6.07, 6.45) is 4.68. The minimum atomic E-state index is -0.0709. The summed E-state index contributed by atoms with van der Waals surface area (Å²) >= 11 is 0. The van der Waals surface area contributed by atoms with E-state index in [1.54, 1.807) is 0 Å². The number of aromatic nitrogens is 2. The molecule has 10 aromatic rings. The molecule has 4 aliphatic heterocycles. The maximum Gasteiger partial charge on any atom is 0.334 e. The lowest BCUT2D eigenvalue weighted by Crippen LogP contribution is -2.63. The number of hydrogen-bond donors (Lipinski definition) is 0. The van der Waals surface area contributed by atoms with E-state index in [0.717, 1.165) is 11.4 Å². The fourth-order valence-electron chi connectivity index (χ4n) is 11.1. The third-order valence-corrected chi connectivity index (χ3v) is 13.1. The Morgan fingerprint density at radius 1 is 0.321 bits per heavy atom. The molecule has 0 atom stereocenters. The Labute approximate surface area is 324 Å². The van der Waals surface area contributed by atoms with Gasteiger partial charge in [-0.05, 0) is 110 Å². The Morgan fingerprint density at radius 2 is 0.786 bits per heavy atom. The molecule has 6 heteroatoms. The number of fused-ring (bicyclic) bond motifs is 12. The minimum Gasteiger partial charge on any atom is -0.382 e. The lowest BCUT2D eigenvalue weighted by atomic mass is 9.39. The highest BCUT2D eigenvalue weighted by molar-refractivity contribution is 6.95. The van der Waals surface area contributed by atoms with Crippen LogP contribution in [-0.2, 0) is 0 Å². The molecule has 0 amide bonds. The van der Waals surface area contributed by atoms with Crippen LogP contribution in [-0.4, -0.2) is 22.7 Å². The number of hydrogen-bond acceptors (Lipinski definition) is 2. The van der Waals surface area contributed by atoms with E-state index in [9.17, 15) is 0 Å². The van der Waals surface area contributed by atoms with Gasteiger partial charge >= 0.3 is 13.7 Å². The van der Waals surface area contributed by atoms with Gasteiger partial charge < -0.3 is 18.8 Å². The maximum atomic E-state index is 2.61. The molecular weight excluding hydrogens is 678 g/mol. The molecule has 4 nitrogen and oxygen atoms in total. The quantitative estimate of drug-likeness (QED) is 0.167. The Morgan fingerprint density at radius 3 is 1.36 bits per heavy atom. The van der Waals surface area contributed by atoms with E-state index < -0.39 is 0 Å². The van der Waals surface area contributed by atoms with Crippen LogP contribution in [0.15, 0.2) is 182 Å². The fraction of sp³-hybridized carbons (Fsp3) is 0. The second-order valence-corrected chi connectivity index (χ2v) is 15.6. The molecule has 256 valence electrons. The van der Waals surface area contributed by atoms with Gasteiger partial charge in [0.25, 0.3) is 0 Å². The van der Waals surface area contributed by atoms with Crippen LogP contribution in [0.2, 0.25) is 0 Å². The SMILES string of the molecule is c1ccc(N2c3cccc4c3B(c3c2c2c(c5ccccc35)N(c3ccccc3)c3cccc5c3B2n2ccc3cccc-5c32)n2ccc3cccc-4c32)cc1. The summed E-state index contributed by atoms with van der Waals surface area (Å²) < 4.78 is 5.17. The highest BCUT2D eigenvalue weighted by Crippen LogP contribution is 2.50. The molecule has 14 rings (SSSR count). The van der Waals surface area contributed by atoms with E-state index in [2.05, 4.69) is 201 Å². The van der Waals surface area contributed by atoms with Crippen molar-refractivity contribution in [1.82, 2.24) is 8.96 Å². The molecule has 0 aliphatic carbocycles. The first-order valence-corrected chi connectivity index (χ1v) is 19.6. The first kappa shape index (κ1) is 29.2. The molecule has 6 heterocycles. The largest absolute Gasteiger partial charge is 0.382 e. The van der Waals surface area contributed by atoms with E-state index in [1.165, 1.54) is 99.4 Å². The van der Waals surface area contributed by atoms with Crippen molar-refractivity contribution in [3.63, 3.8) is 0 Å². The van der Waals surface area contributed by atoms with E-state index in [1.807, 2.05) is 0 Å². The molecule has 0 saturated carbocycles. The zero-order valence-electron chi connectivity index (χ0n) is 30.3. The van der Waals surface area contributed by atoms with E-state index in [4.69, 9.17) is 0 Å². The summed E-state index contributed by atoms with van der Waals surface area (Å²) in [5.74, 6) is 0. The van der Waals surface area contributed by atoms with Crippen LogP contribution in [0.4, 0.5) is 34.1 Å². The van der Waals surface area contributed by atoms with Crippen LogP contribution in [0.5, 0.6) is 0 Å². The van der Waals surface area contributed by atoms with Crippen molar-refractivity contribution in [2.45, 2.75) is 0 Å². The lowest BCUT2D eigenvalue weighted by Gasteiger charge is -2.47. The van der Waals surface area contributed by atoms with Crippen LogP contribution in [0.25, 0.3) is 54.8 Å². The van der Waals surface area contributed by atoms with Crippen molar-refractivity contribution < 1.29 is 0 Å². The fourth-order valence-corrected chi connectivity index (χ4v) is 11.1. The Balaban J connectivity index is 1.24. The number of anilines is 6. The molecule has 0 unspecified atom stereocenters. The van der Waals surface area contributed by atoms with Gasteiger partial charge in [0.05, 0.1) is 5.69 Å². The molecule has 4 aliphatic rings. The van der Waals surface area contributed by atoms with Crippen LogP contribution < -0.4 is 31.7 Å². The molecule has 8 aromatic carbocycles. The van der Waals surface area contributed by atoms with Gasteiger partial charge in [0, 0.05) is 56.0 Å². The summed E-state index contributed by atoms with van der Waals surface area (Å²) in [5, 5.41) is 5.09. The normalized spacial score (nSPS) is 13.9. The molecule has 56 heavy (non-hydrogen) atoms. The van der Waals surface area contributed by atoms with Gasteiger partial charge in [-0.2, -0.15) is 0 Å². The predicted octanol–water partition coefficient (Wildman–Crippen LogP) is 9.58. The number of rotatable bonds is 2. The van der Waals surface area contributed by atoms with Crippen LogP contribution in [0.1, 0.15) is 0 Å². The van der Waals surface area contributed by atoms with Gasteiger partial charge in [-0.1, -0.05) is 121 Å². The third-order valence-electron chi connectivity index (χ3n) is 13.1. The summed E-state index contributed by atoms with van der Waals surface area (Å²) in [4.78, 5) is 5.18. The standard InChI is InChI=1S/C50H30B2N4/c1-3-15-33(16-4-1)55-41-25-11-22-36-39-24-10-14-32-28-30-54(48(32)39)52(44(36)41)46-49(55)40-20-8-7-19-37(40)45-50(46)56(34-17-5-2-6-18-34)42-26-12-21-35-38-23-9-13-31-27-29-53(47(31)38)51(45)43(35)42/h1-30H. The second kappa shape index (κ2) is 10.3. The first-order valence-electron chi connectivity index (χ1n) is 19.6. The molecule has 0 bridgehead atoms. The molecular formula is C50H30B2N4. The van der Waals surface area contributed by atoms with Gasteiger partial charge in [0.15, 0.2) is 0 Å². The van der Waals surface area contributed by atoms with Crippen molar-refractivity contribution in [2.24, 2.45) is 0 Å². The average molecular weight is 708 g/mol. The summed E-state index contributed by atoms with van der Waals surface area (Å²) in [6, 6.07) is 63.5. The zero-order chi connectivity index (χ0) is 36.2. The second-order valence-electron chi connectivity index (χ2n) is 15.6. The average Bonchev–Trinajstić information content (AvgIpc) is 3.90. The van der Waals surface area contributed by atoms with Crippen molar-refractivity contribution in [1.29, 1.82) is 0 Å². The van der Waals surface area contributed by atoms with Gasteiger partial charge in [0.1, 0.15) is 0 Å². The molecule has 0 saturated heterocycles. The van der Waals surface area contributed by atoms with Crippen molar-refractivity contribution in [3.8, 4) is 22.3 Å². The van der Waals surface area contributed by atoms with Crippen molar-refractivity contribution >= 4 is 102 Å². The van der Waals surface area contributed by atoms with Crippen molar-refractivity contribution in [3.05, 3.63) is 182 Å². The number of nitrogens with zero attached hydrogens (tertiary/aromatic N) is 4. The molecule has 2 aromatic heterocycles. The first-order chi connectivity index (χ1) is 27.8. The topological polar surface area (TPSA) is 16.3 Å². The molecule has 0 fully saturated rings. The maximum absolute atomic E-state index is 2.61. The van der Waals surface area contributed by atoms with Crippen LogP contribution in [0.3, 0.4) is 0 Å². The van der Waals surface area contributed by atoms with Gasteiger partial charge in [0.2, 0.25) is 0 Å². The van der Waals surface area contributed by atoms with Gasteiger partial charge in [-0.15, -0.1) is 0 Å². The van der Waals surface area contributed by atoms with Gasteiger partial charge in [-0.3, -0.25) is 0 Å². The monoisotopic (exact) mass is 708 g/mol. The lowest BCUT2D eigenvalue weighted by molar-refractivity contribution is 1.21. The Kier molecular flexibility index (Phi) is 5.38. The van der Waals surface area contributed by atoms with Crippen LogP contribution in [0, 0.1) is 0 Å². The highest BCUT2D eigenvalue weighted by Gasteiger charge is 2.50. The molecule has 0 spiro atoms. The number of para-hydroxylation sites is 4. The number of benzene rings is 8. The molecule has 0 radical (unpaired) electrons. The summed E-state index contributed by atoms with van der Waals surface area (Å²) in [5.41, 5.74) is 20.5. The predicted molar refractivity (Wildman–Crippen MR) is 236 cm³/mol. The summed E-state index contributed by atoms with van der Waals surface area (Å²) in [7, 11) is 0. The summed E-state index contributed by atoms with van der Waals surface area (Å²) in [6.45, 7) is -0.0976. The van der Waals surface area contributed by atoms with Crippen LogP contribution >= 0.6 is 0 Å². The Bertz CT molecular complexity index is 3350. The van der Waals surface area contributed by atoms with E-state index in [0.29, 0.717) is 0 Å². The Hall–Kier alpha value is -7.17. The zero-order valence-corrected chi connectivity index (χ0v) is 30.3. The smallest absolute Gasteiger partial charge is 0.334 e. The van der Waals surface area contributed by atoms with E-state index in [-0.39, 0.29) is 13.7 Å².